The largest absolute Gasteiger partial charge is 0.456 e. The van der Waals surface area contributed by atoms with Gasteiger partial charge in [0.05, 0.1) is 0 Å². The number of carbonyl (C=O) groups excluding carboxylic acids is 1. The van der Waals surface area contributed by atoms with Crippen LogP contribution in [0.1, 0.15) is 42.0 Å². The zero-order chi connectivity index (χ0) is 12.3. The molecule has 3 nitrogen and oxygen atoms in total. The number of hydrogen-bond acceptors (Lipinski definition) is 2. The van der Waals surface area contributed by atoms with Crippen LogP contribution < -0.4 is 5.32 Å². The van der Waals surface area contributed by atoms with Crippen LogP contribution in [0.2, 0.25) is 0 Å². The predicted molar refractivity (Wildman–Crippen MR) is 67.4 cm³/mol. The first-order valence-corrected chi connectivity index (χ1v) is 6.67. The number of hydrogen-bond donors (Lipinski definition) is 1. The Kier molecular flexibility index (Phi) is 4.11. The average Bonchev–Trinajstić information content (AvgIpc) is 2.77. The summed E-state index contributed by atoms with van der Waals surface area (Å²) in [5.41, 5.74) is 0. The van der Waals surface area contributed by atoms with Gasteiger partial charge < -0.3 is 9.73 Å². The monoisotopic (exact) mass is 255 g/mol. The quantitative estimate of drug-likeness (QED) is 0.844. The van der Waals surface area contributed by atoms with E-state index in [1.54, 1.807) is 12.1 Å². The van der Waals surface area contributed by atoms with Gasteiger partial charge in [-0.05, 0) is 37.8 Å². The lowest BCUT2D eigenvalue weighted by molar-refractivity contribution is 0.0881. The van der Waals surface area contributed by atoms with Crippen LogP contribution in [-0.2, 0) is 0 Å². The number of alkyl halides is 1. The van der Waals surface area contributed by atoms with Gasteiger partial charge in [-0.15, -0.1) is 11.6 Å². The maximum Gasteiger partial charge on any atom is 0.287 e. The predicted octanol–water partition coefficient (Wildman–Crippen LogP) is 3.12. The van der Waals surface area contributed by atoms with E-state index in [1.165, 1.54) is 6.42 Å². The van der Waals surface area contributed by atoms with Gasteiger partial charge in [-0.25, -0.2) is 0 Å². The Morgan fingerprint density at radius 1 is 1.47 bits per heavy atom. The van der Waals surface area contributed by atoms with Crippen LogP contribution in [0.3, 0.4) is 0 Å². The third kappa shape index (κ3) is 3.03. The molecule has 0 saturated heterocycles. The van der Waals surface area contributed by atoms with Gasteiger partial charge in [0.1, 0.15) is 5.76 Å². The minimum atomic E-state index is -0.125. The molecule has 1 heterocycles. The highest BCUT2D eigenvalue weighted by Crippen LogP contribution is 2.25. The van der Waals surface area contributed by atoms with Crippen molar-refractivity contribution in [1.29, 1.82) is 0 Å². The summed E-state index contributed by atoms with van der Waals surface area (Å²) < 4.78 is 5.31. The van der Waals surface area contributed by atoms with Gasteiger partial charge >= 0.3 is 0 Å². The van der Waals surface area contributed by atoms with Crippen LogP contribution in [0.25, 0.3) is 0 Å². The number of rotatable bonds is 3. The number of nitrogens with one attached hydrogen (secondary N) is 1. The highest BCUT2D eigenvalue weighted by Gasteiger charge is 2.26. The van der Waals surface area contributed by atoms with E-state index in [2.05, 4.69) is 5.32 Å². The maximum atomic E-state index is 11.9. The van der Waals surface area contributed by atoms with Crippen molar-refractivity contribution in [3.8, 4) is 0 Å². The van der Waals surface area contributed by atoms with E-state index in [4.69, 9.17) is 16.0 Å². The molecule has 0 aliphatic heterocycles. The number of furan rings is 1. The normalized spacial score (nSPS) is 24.6. The Balaban J connectivity index is 1.97. The van der Waals surface area contributed by atoms with Crippen LogP contribution in [0.15, 0.2) is 16.5 Å². The Bertz CT molecular complexity index is 389. The Morgan fingerprint density at radius 2 is 2.24 bits per heavy atom. The molecule has 1 amide bonds. The van der Waals surface area contributed by atoms with Gasteiger partial charge in [-0.3, -0.25) is 4.79 Å². The number of halogens is 1. The minimum absolute atomic E-state index is 0.125. The standard InChI is InChI=1S/C13H18ClNO2/c1-9-6-7-12(17-9)13(16)15-11-5-3-2-4-10(11)8-14/h6-7,10-11H,2-5,8H2,1H3,(H,15,16). The summed E-state index contributed by atoms with van der Waals surface area (Å²) in [6.45, 7) is 1.83. The summed E-state index contributed by atoms with van der Waals surface area (Å²) in [7, 11) is 0. The topological polar surface area (TPSA) is 42.2 Å². The second-order valence-electron chi connectivity index (χ2n) is 4.69. The molecule has 1 saturated carbocycles. The van der Waals surface area contributed by atoms with Crippen molar-refractivity contribution in [1.82, 2.24) is 5.32 Å². The molecule has 94 valence electrons. The lowest BCUT2D eigenvalue weighted by Crippen LogP contribution is -2.42. The molecular weight excluding hydrogens is 238 g/mol. The first-order valence-electron chi connectivity index (χ1n) is 6.14. The summed E-state index contributed by atoms with van der Waals surface area (Å²) in [5, 5.41) is 3.03. The zero-order valence-corrected chi connectivity index (χ0v) is 10.8. The molecule has 0 spiro atoms. The first-order chi connectivity index (χ1) is 8.20. The van der Waals surface area contributed by atoms with E-state index in [0.717, 1.165) is 25.0 Å². The van der Waals surface area contributed by atoms with Crippen LogP contribution in [0.5, 0.6) is 0 Å². The molecule has 0 radical (unpaired) electrons. The van der Waals surface area contributed by atoms with E-state index in [1.807, 2.05) is 6.92 Å². The SMILES string of the molecule is Cc1ccc(C(=O)NC2CCCCC2CCl)o1. The van der Waals surface area contributed by atoms with Gasteiger partial charge in [-0.2, -0.15) is 0 Å². The van der Waals surface area contributed by atoms with Gasteiger partial charge in [0.15, 0.2) is 5.76 Å². The number of carbonyl (C=O) groups is 1. The number of amides is 1. The van der Waals surface area contributed by atoms with Crippen molar-refractivity contribution in [2.75, 3.05) is 5.88 Å². The second-order valence-corrected chi connectivity index (χ2v) is 5.00. The molecule has 4 heteroatoms. The smallest absolute Gasteiger partial charge is 0.287 e. The third-order valence-corrected chi connectivity index (χ3v) is 3.78. The lowest BCUT2D eigenvalue weighted by Gasteiger charge is -2.30. The van der Waals surface area contributed by atoms with Crippen LogP contribution in [0, 0.1) is 12.8 Å². The van der Waals surface area contributed by atoms with Crippen molar-refractivity contribution in [3.63, 3.8) is 0 Å². The zero-order valence-electron chi connectivity index (χ0n) is 10.0. The van der Waals surface area contributed by atoms with Crippen LogP contribution >= 0.6 is 11.6 Å². The Morgan fingerprint density at radius 3 is 2.88 bits per heavy atom. The van der Waals surface area contributed by atoms with Gasteiger partial charge in [0.2, 0.25) is 0 Å². The molecule has 1 N–H and O–H groups in total. The molecule has 2 rings (SSSR count). The van der Waals surface area contributed by atoms with Gasteiger partial charge in [0.25, 0.3) is 5.91 Å². The second kappa shape index (κ2) is 5.58. The van der Waals surface area contributed by atoms with Crippen molar-refractivity contribution in [2.45, 2.75) is 38.6 Å². The van der Waals surface area contributed by atoms with Crippen molar-refractivity contribution < 1.29 is 9.21 Å². The van der Waals surface area contributed by atoms with E-state index in [9.17, 15) is 4.79 Å². The summed E-state index contributed by atoms with van der Waals surface area (Å²) in [5.74, 6) is 2.03. The van der Waals surface area contributed by atoms with Crippen molar-refractivity contribution in [3.05, 3.63) is 23.7 Å². The van der Waals surface area contributed by atoms with E-state index >= 15 is 0 Å². The Hall–Kier alpha value is -0.960. The summed E-state index contributed by atoms with van der Waals surface area (Å²) in [4.78, 5) is 11.9. The average molecular weight is 256 g/mol. The Labute approximate surface area is 107 Å². The lowest BCUT2D eigenvalue weighted by atomic mass is 9.86. The molecule has 1 aliphatic rings. The molecule has 0 aromatic carbocycles. The van der Waals surface area contributed by atoms with Gasteiger partial charge in [-0.1, -0.05) is 12.8 Å². The molecule has 2 atom stereocenters. The van der Waals surface area contributed by atoms with Crippen LogP contribution in [0.4, 0.5) is 0 Å². The molecule has 2 unspecified atom stereocenters. The van der Waals surface area contributed by atoms with E-state index < -0.39 is 0 Å². The third-order valence-electron chi connectivity index (χ3n) is 3.39. The fourth-order valence-corrected chi connectivity index (χ4v) is 2.75. The van der Waals surface area contributed by atoms with Crippen molar-refractivity contribution in [2.24, 2.45) is 5.92 Å². The van der Waals surface area contributed by atoms with Crippen molar-refractivity contribution >= 4 is 17.5 Å². The molecular formula is C13H18ClNO2. The van der Waals surface area contributed by atoms with Crippen LogP contribution in [-0.4, -0.2) is 17.8 Å². The summed E-state index contributed by atoms with van der Waals surface area (Å²) in [6.07, 6.45) is 4.49. The molecule has 1 aliphatic carbocycles. The number of aryl methyl sites for hydroxylation is 1. The molecule has 1 fully saturated rings. The summed E-state index contributed by atoms with van der Waals surface area (Å²) >= 11 is 5.93. The van der Waals surface area contributed by atoms with E-state index in [0.29, 0.717) is 17.6 Å². The molecule has 17 heavy (non-hydrogen) atoms. The highest BCUT2D eigenvalue weighted by atomic mass is 35.5. The van der Waals surface area contributed by atoms with Gasteiger partial charge in [0, 0.05) is 11.9 Å². The molecule has 1 aromatic rings. The first kappa shape index (κ1) is 12.5. The summed E-state index contributed by atoms with van der Waals surface area (Å²) in [6, 6.07) is 3.71. The highest BCUT2D eigenvalue weighted by molar-refractivity contribution is 6.18. The minimum Gasteiger partial charge on any atom is -0.456 e. The maximum absolute atomic E-state index is 11.9. The fourth-order valence-electron chi connectivity index (χ4n) is 2.38. The fraction of sp³-hybridized carbons (Fsp3) is 0.615. The van der Waals surface area contributed by atoms with E-state index in [-0.39, 0.29) is 11.9 Å². The molecule has 1 aromatic heterocycles. The molecule has 0 bridgehead atoms.